The SMILES string of the molecule is C/C=C/C[C@@H](C)[C@@H](O)[C@H]1C(=O)N[C@@H](CC)C(=O)N(C)C(OCCCO)C(=O)N(C)[C@@H](CC(C)C)C(=O)N[C@@H](C(C)C)C(=O)N(C)[C@@H](CC(C)C)C(=O)N[C@@H](C)C(=O)N[C@H](C)C(=O)N(C)[C@@H](CC(C)C)C(=O)N(C)[C@@H](CC(C)C)C(=O)N(C)[C@@H](C(C)C)C(=O)N1C. The van der Waals surface area contributed by atoms with Gasteiger partial charge in [-0.2, -0.15) is 0 Å². The number of aliphatic hydroxyl groups excluding tert-OH is 2. The van der Waals surface area contributed by atoms with E-state index in [1.54, 1.807) is 60.6 Å². The molecule has 0 aromatic carbocycles. The molecule has 13 atom stereocenters. The molecule has 516 valence electrons. The average Bonchev–Trinajstić information content (AvgIpc) is 1.57. The molecule has 90 heavy (non-hydrogen) atoms. The van der Waals surface area contributed by atoms with Gasteiger partial charge in [0.15, 0.2) is 0 Å². The van der Waals surface area contributed by atoms with Crippen LogP contribution in [0.25, 0.3) is 0 Å². The Hall–Kier alpha value is -6.21. The van der Waals surface area contributed by atoms with E-state index in [1.807, 2.05) is 55.4 Å². The number of hydrogen-bond acceptors (Lipinski definition) is 14. The lowest BCUT2D eigenvalue weighted by molar-refractivity contribution is -0.168. The van der Waals surface area contributed by atoms with Crippen LogP contribution in [0.4, 0.5) is 0 Å². The van der Waals surface area contributed by atoms with Crippen molar-refractivity contribution in [3.8, 4) is 0 Å². The van der Waals surface area contributed by atoms with Gasteiger partial charge in [0.2, 0.25) is 65.3 Å². The molecule has 0 aromatic rings. The van der Waals surface area contributed by atoms with Crippen molar-refractivity contribution in [2.45, 2.75) is 235 Å². The summed E-state index contributed by atoms with van der Waals surface area (Å²) in [5.41, 5.74) is 0. The number of nitrogens with zero attached hydrogens (tertiary/aromatic N) is 7. The van der Waals surface area contributed by atoms with Crippen molar-refractivity contribution >= 4 is 65.0 Å². The number of ether oxygens (including phenoxy) is 1. The maximum Gasteiger partial charge on any atom is 0.273 e. The van der Waals surface area contributed by atoms with Crippen LogP contribution in [0.1, 0.15) is 163 Å². The molecular weight excluding hydrogens is 1160 g/mol. The van der Waals surface area contributed by atoms with Gasteiger partial charge < -0.3 is 70.5 Å². The second-order valence-electron chi connectivity index (χ2n) is 27.1. The standard InChI is InChI=1S/C65H117N11O14/c1-25-27-29-42(15)53(78)52-57(82)68-45(26-2)59(84)76(24)65(90-31-28-30-77)64(89)71(19)47(33-37(5)6)56(81)69-50(40(11)12)62(87)70(18)46(32-36(3)4)55(80)66-43(16)54(79)67-44(17)58(83)72(20)48(34-38(7)8)60(85)73(21)49(35-39(9)10)61(86)74(22)51(41(13)14)63(88)75(52)23/h25,27,36-53,65,77-78H,26,28-35H2,1-24H3,(H,66,80)(H,67,79)(H,68,82)(H,69,81)/b27-25+/t42-,43+,44-,45+,46+,47+,48+,49+,50+,51+,52+,53-,65?/m1/s1. The van der Waals surface area contributed by atoms with Crippen molar-refractivity contribution in [2.75, 3.05) is 62.5 Å². The number of amides is 11. The summed E-state index contributed by atoms with van der Waals surface area (Å²) in [6.45, 7) is 29.0. The Morgan fingerprint density at radius 3 is 1.33 bits per heavy atom. The van der Waals surface area contributed by atoms with E-state index < -0.39 is 155 Å². The molecule has 0 spiro atoms. The monoisotopic (exact) mass is 1280 g/mol. The van der Waals surface area contributed by atoms with Gasteiger partial charge in [0.1, 0.15) is 60.4 Å². The molecule has 1 rings (SSSR count). The van der Waals surface area contributed by atoms with Gasteiger partial charge in [-0.1, -0.05) is 109 Å². The summed E-state index contributed by atoms with van der Waals surface area (Å²) >= 11 is 0. The highest BCUT2D eigenvalue weighted by Gasteiger charge is 2.46. The lowest BCUT2D eigenvalue weighted by atomic mass is 9.91. The van der Waals surface area contributed by atoms with Crippen LogP contribution in [0.2, 0.25) is 0 Å². The number of rotatable bonds is 19. The molecule has 1 heterocycles. The minimum Gasteiger partial charge on any atom is -0.396 e. The highest BCUT2D eigenvalue weighted by molar-refractivity contribution is 6.00. The summed E-state index contributed by atoms with van der Waals surface area (Å²) < 4.78 is 6.05. The van der Waals surface area contributed by atoms with Crippen molar-refractivity contribution in [1.29, 1.82) is 0 Å². The summed E-state index contributed by atoms with van der Waals surface area (Å²) in [5.74, 6) is -10.7. The first kappa shape index (κ1) is 81.8. The highest BCUT2D eigenvalue weighted by atomic mass is 16.5. The summed E-state index contributed by atoms with van der Waals surface area (Å²) in [6.07, 6.45) is 0.959. The fraction of sp³-hybridized carbons (Fsp3) is 0.800. The van der Waals surface area contributed by atoms with E-state index in [2.05, 4.69) is 21.3 Å². The van der Waals surface area contributed by atoms with E-state index >= 15 is 19.2 Å². The lowest BCUT2D eigenvalue weighted by Gasteiger charge is -2.41. The number of allylic oxidation sites excluding steroid dienone is 2. The van der Waals surface area contributed by atoms with E-state index in [9.17, 15) is 43.8 Å². The van der Waals surface area contributed by atoms with Gasteiger partial charge in [0, 0.05) is 55.9 Å². The van der Waals surface area contributed by atoms with Crippen molar-refractivity contribution in [1.82, 2.24) is 55.6 Å². The van der Waals surface area contributed by atoms with Crippen LogP contribution in [0.3, 0.4) is 0 Å². The van der Waals surface area contributed by atoms with Crippen molar-refractivity contribution in [3.63, 3.8) is 0 Å². The van der Waals surface area contributed by atoms with Gasteiger partial charge >= 0.3 is 0 Å². The fourth-order valence-electron chi connectivity index (χ4n) is 11.1. The molecule has 0 saturated carbocycles. The number of hydrogen-bond donors (Lipinski definition) is 6. The zero-order valence-corrected chi connectivity index (χ0v) is 58.9. The molecule has 25 heteroatoms. The summed E-state index contributed by atoms with van der Waals surface area (Å²) in [4.78, 5) is 171. The van der Waals surface area contributed by atoms with E-state index in [0.717, 1.165) is 14.7 Å². The molecule has 1 fully saturated rings. The molecule has 25 nitrogen and oxygen atoms in total. The first-order valence-electron chi connectivity index (χ1n) is 32.3. The Kier molecular flexibility index (Phi) is 34.5. The molecule has 1 aliphatic heterocycles. The maximum atomic E-state index is 15.3. The second-order valence-corrected chi connectivity index (χ2v) is 27.1. The predicted octanol–water partition coefficient (Wildman–Crippen LogP) is 2.99. The second kappa shape index (κ2) is 38.0. The molecule has 0 radical (unpaired) electrons. The van der Waals surface area contributed by atoms with Gasteiger partial charge in [-0.3, -0.25) is 52.7 Å². The minimum atomic E-state index is -1.75. The Labute approximate surface area is 537 Å². The van der Waals surface area contributed by atoms with Gasteiger partial charge in [-0.05, 0) is 107 Å². The van der Waals surface area contributed by atoms with Crippen LogP contribution in [0, 0.1) is 41.4 Å². The van der Waals surface area contributed by atoms with Crippen LogP contribution in [0.15, 0.2) is 12.2 Å². The molecule has 6 N–H and O–H groups in total. The van der Waals surface area contributed by atoms with Crippen LogP contribution in [-0.4, -0.2) is 245 Å². The number of aliphatic hydroxyl groups is 2. The smallest absolute Gasteiger partial charge is 0.273 e. The van der Waals surface area contributed by atoms with Gasteiger partial charge in [0.25, 0.3) is 5.91 Å². The highest BCUT2D eigenvalue weighted by Crippen LogP contribution is 2.26. The first-order valence-corrected chi connectivity index (χ1v) is 32.3. The number of nitrogens with one attached hydrogen (secondary N) is 4. The lowest BCUT2D eigenvalue weighted by Crippen LogP contribution is -2.64. The summed E-state index contributed by atoms with van der Waals surface area (Å²) in [7, 11) is 9.68. The molecule has 1 aliphatic rings. The zero-order valence-electron chi connectivity index (χ0n) is 58.9. The van der Waals surface area contributed by atoms with Crippen LogP contribution >= 0.6 is 0 Å². The van der Waals surface area contributed by atoms with Gasteiger partial charge in [0.05, 0.1) is 12.7 Å². The Morgan fingerprint density at radius 2 is 0.889 bits per heavy atom. The van der Waals surface area contributed by atoms with Gasteiger partial charge in [-0.15, -0.1) is 0 Å². The molecule has 0 aromatic heterocycles. The molecule has 1 saturated heterocycles. The van der Waals surface area contributed by atoms with E-state index in [-0.39, 0.29) is 81.8 Å². The van der Waals surface area contributed by atoms with Crippen molar-refractivity contribution in [2.24, 2.45) is 41.4 Å². The van der Waals surface area contributed by atoms with E-state index in [4.69, 9.17) is 4.74 Å². The van der Waals surface area contributed by atoms with Gasteiger partial charge in [-0.25, -0.2) is 0 Å². The molecular formula is C65H117N11O14. The van der Waals surface area contributed by atoms with Crippen molar-refractivity contribution in [3.05, 3.63) is 12.2 Å². The predicted molar refractivity (Wildman–Crippen MR) is 345 cm³/mol. The minimum absolute atomic E-state index is 0.0419. The Balaban J connectivity index is 4.50. The number of carbonyl (C=O) groups excluding carboxylic acids is 11. The number of likely N-dealkylation sites (N-methyl/N-ethyl adjacent to an activating group) is 7. The van der Waals surface area contributed by atoms with Crippen molar-refractivity contribution < 1.29 is 67.7 Å². The normalized spacial score (nSPS) is 26.9. The molecule has 1 unspecified atom stereocenters. The zero-order chi connectivity index (χ0) is 69.7. The third-order valence-electron chi connectivity index (χ3n) is 16.8. The Bertz CT molecular complexity index is 2440. The number of carbonyl (C=O) groups is 11. The third kappa shape index (κ3) is 22.9. The maximum absolute atomic E-state index is 15.3. The first-order chi connectivity index (χ1) is 41.7. The molecule has 11 amide bonds. The van der Waals surface area contributed by atoms with E-state index in [1.165, 1.54) is 82.8 Å². The van der Waals surface area contributed by atoms with E-state index in [0.29, 0.717) is 0 Å². The quantitative estimate of drug-likeness (QED) is 0.0801. The third-order valence-corrected chi connectivity index (χ3v) is 16.8. The van der Waals surface area contributed by atoms with Crippen LogP contribution < -0.4 is 21.3 Å². The molecule has 0 bridgehead atoms. The van der Waals surface area contributed by atoms with Crippen LogP contribution in [-0.2, 0) is 57.5 Å². The fourth-order valence-corrected chi connectivity index (χ4v) is 11.1. The largest absolute Gasteiger partial charge is 0.396 e. The average molecular weight is 1280 g/mol. The summed E-state index contributed by atoms with van der Waals surface area (Å²) in [5, 5.41) is 33.0. The van der Waals surface area contributed by atoms with Crippen LogP contribution in [0.5, 0.6) is 0 Å². The Morgan fingerprint density at radius 1 is 0.467 bits per heavy atom. The topological polar surface area (TPSA) is 308 Å². The molecule has 0 aliphatic carbocycles. The summed E-state index contributed by atoms with van der Waals surface area (Å²) in [6, 6.07) is -12.9.